The number of sulfonamides is 1. The van der Waals surface area contributed by atoms with Crippen molar-refractivity contribution in [3.63, 3.8) is 0 Å². The predicted molar refractivity (Wildman–Crippen MR) is 120 cm³/mol. The Morgan fingerprint density at radius 2 is 1.87 bits per heavy atom. The summed E-state index contributed by atoms with van der Waals surface area (Å²) in [5.74, 6) is -0.0108. The van der Waals surface area contributed by atoms with Crippen LogP contribution >= 0.6 is 11.8 Å². The number of aryl methyl sites for hydroxylation is 2. The lowest BCUT2D eigenvalue weighted by molar-refractivity contribution is -0.113. The van der Waals surface area contributed by atoms with Gasteiger partial charge in [0, 0.05) is 17.4 Å². The summed E-state index contributed by atoms with van der Waals surface area (Å²) in [6.07, 6.45) is 6.03. The van der Waals surface area contributed by atoms with Crippen LogP contribution in [0.3, 0.4) is 0 Å². The van der Waals surface area contributed by atoms with E-state index in [0.29, 0.717) is 11.7 Å². The summed E-state index contributed by atoms with van der Waals surface area (Å²) in [6.45, 7) is 7.73. The first kappa shape index (κ1) is 22.8. The van der Waals surface area contributed by atoms with Gasteiger partial charge < -0.3 is 9.88 Å². The zero-order valence-electron chi connectivity index (χ0n) is 18.0. The fourth-order valence-electron chi connectivity index (χ4n) is 3.90. The summed E-state index contributed by atoms with van der Waals surface area (Å²) in [7, 11) is -3.85. The number of anilines is 1. The second-order valence-corrected chi connectivity index (χ2v) is 10.5. The fourth-order valence-corrected chi connectivity index (χ4v) is 5.49. The fraction of sp³-hybridized carbons (Fsp3) is 0.524. The molecule has 2 aromatic rings. The molecule has 0 spiro atoms. The van der Waals surface area contributed by atoms with E-state index in [1.54, 1.807) is 6.92 Å². The van der Waals surface area contributed by atoms with Gasteiger partial charge in [-0.1, -0.05) is 31.0 Å². The van der Waals surface area contributed by atoms with Gasteiger partial charge in [-0.3, -0.25) is 4.79 Å². The van der Waals surface area contributed by atoms with Crippen molar-refractivity contribution in [3.8, 4) is 0 Å². The molecule has 7 nitrogen and oxygen atoms in total. The van der Waals surface area contributed by atoms with Crippen LogP contribution in [0.15, 0.2) is 22.2 Å². The van der Waals surface area contributed by atoms with E-state index in [1.165, 1.54) is 43.2 Å². The zero-order chi connectivity index (χ0) is 22.1. The van der Waals surface area contributed by atoms with E-state index in [0.717, 1.165) is 40.5 Å². The molecule has 0 unspecified atom stereocenters. The molecule has 30 heavy (non-hydrogen) atoms. The van der Waals surface area contributed by atoms with Crippen LogP contribution in [0.5, 0.6) is 0 Å². The molecule has 1 amide bonds. The highest BCUT2D eigenvalue weighted by atomic mass is 32.2. The Labute approximate surface area is 182 Å². The van der Waals surface area contributed by atoms with E-state index in [9.17, 15) is 13.2 Å². The van der Waals surface area contributed by atoms with Gasteiger partial charge in [-0.05, 0) is 63.8 Å². The van der Waals surface area contributed by atoms with Gasteiger partial charge >= 0.3 is 0 Å². The Bertz CT molecular complexity index is 1050. The number of primary sulfonamides is 1. The second-order valence-electron chi connectivity index (χ2n) is 8.02. The van der Waals surface area contributed by atoms with Crippen molar-refractivity contribution in [2.24, 2.45) is 5.14 Å². The number of imidazole rings is 1. The molecule has 1 heterocycles. The molecule has 1 fully saturated rings. The molecular formula is C21H30N4O3S2. The first-order valence-corrected chi connectivity index (χ1v) is 12.7. The Morgan fingerprint density at radius 3 is 2.50 bits per heavy atom. The van der Waals surface area contributed by atoms with Crippen molar-refractivity contribution < 1.29 is 13.2 Å². The van der Waals surface area contributed by atoms with Crippen molar-refractivity contribution in [2.75, 3.05) is 11.1 Å². The normalized spacial score (nSPS) is 15.4. The average molecular weight is 451 g/mol. The van der Waals surface area contributed by atoms with Crippen LogP contribution in [0.4, 0.5) is 5.69 Å². The summed E-state index contributed by atoms with van der Waals surface area (Å²) in [4.78, 5) is 17.3. The number of carbonyl (C=O) groups excluding carboxylic acids is 1. The molecule has 0 aliphatic heterocycles. The molecule has 1 aromatic carbocycles. The minimum atomic E-state index is -3.85. The summed E-state index contributed by atoms with van der Waals surface area (Å²) in [5, 5.41) is 8.97. The number of rotatable bonds is 6. The van der Waals surface area contributed by atoms with E-state index >= 15 is 0 Å². The summed E-state index contributed by atoms with van der Waals surface area (Å²) < 4.78 is 25.7. The molecule has 9 heteroatoms. The average Bonchev–Trinajstić information content (AvgIpc) is 2.97. The third-order valence-corrected chi connectivity index (χ3v) is 7.72. The Balaban J connectivity index is 1.74. The summed E-state index contributed by atoms with van der Waals surface area (Å²) in [5.41, 5.74) is 4.19. The van der Waals surface area contributed by atoms with Crippen LogP contribution in [0, 0.1) is 27.7 Å². The van der Waals surface area contributed by atoms with E-state index in [4.69, 9.17) is 10.1 Å². The maximum atomic E-state index is 12.6. The number of thioether (sulfide) groups is 1. The van der Waals surface area contributed by atoms with E-state index < -0.39 is 10.0 Å². The lowest BCUT2D eigenvalue weighted by Crippen LogP contribution is -2.19. The van der Waals surface area contributed by atoms with E-state index in [2.05, 4.69) is 16.8 Å². The van der Waals surface area contributed by atoms with Crippen molar-refractivity contribution in [3.05, 3.63) is 34.6 Å². The highest BCUT2D eigenvalue weighted by Gasteiger charge is 2.23. The SMILES string of the molecule is Cc1cc(S(N)(=O)=O)cc(NC(=O)CSc2nc(C)c(C)n2C2CCCCC2)c1C. The lowest BCUT2D eigenvalue weighted by Gasteiger charge is -2.26. The second kappa shape index (κ2) is 9.11. The molecule has 0 atom stereocenters. The van der Waals surface area contributed by atoms with Gasteiger partial charge in [0.2, 0.25) is 15.9 Å². The van der Waals surface area contributed by atoms with Gasteiger partial charge in [-0.2, -0.15) is 0 Å². The van der Waals surface area contributed by atoms with Crippen LogP contribution < -0.4 is 10.5 Å². The number of amides is 1. The van der Waals surface area contributed by atoms with Crippen LogP contribution in [-0.4, -0.2) is 29.6 Å². The highest BCUT2D eigenvalue weighted by molar-refractivity contribution is 7.99. The van der Waals surface area contributed by atoms with Gasteiger partial charge in [-0.25, -0.2) is 18.5 Å². The molecule has 3 N–H and O–H groups in total. The lowest BCUT2D eigenvalue weighted by atomic mass is 9.95. The molecule has 164 valence electrons. The third kappa shape index (κ3) is 5.07. The number of nitrogens with two attached hydrogens (primary N) is 1. The van der Waals surface area contributed by atoms with Crippen LogP contribution in [-0.2, 0) is 14.8 Å². The number of carbonyl (C=O) groups is 1. The first-order valence-electron chi connectivity index (χ1n) is 10.2. The molecule has 1 aromatic heterocycles. The van der Waals surface area contributed by atoms with Gasteiger partial charge in [0.1, 0.15) is 0 Å². The minimum Gasteiger partial charge on any atom is -0.325 e. The molecular weight excluding hydrogens is 420 g/mol. The van der Waals surface area contributed by atoms with Gasteiger partial charge in [-0.15, -0.1) is 0 Å². The van der Waals surface area contributed by atoms with Gasteiger partial charge in [0.15, 0.2) is 5.16 Å². The van der Waals surface area contributed by atoms with Crippen LogP contribution in [0.25, 0.3) is 0 Å². The largest absolute Gasteiger partial charge is 0.325 e. The molecule has 1 saturated carbocycles. The summed E-state index contributed by atoms with van der Waals surface area (Å²) >= 11 is 1.42. The minimum absolute atomic E-state index is 0.00681. The van der Waals surface area contributed by atoms with Crippen molar-refractivity contribution >= 4 is 33.4 Å². The van der Waals surface area contributed by atoms with Gasteiger partial charge in [0.05, 0.1) is 16.3 Å². The predicted octanol–water partition coefficient (Wildman–Crippen LogP) is 4.00. The standard InChI is InChI=1S/C21H30N4O3S2/c1-13-10-18(30(22,27)28)11-19(14(13)2)24-20(26)12-29-21-23-15(3)16(4)25(21)17-8-6-5-7-9-17/h10-11,17H,5-9,12H2,1-4H3,(H,24,26)(H2,22,27,28). The Morgan fingerprint density at radius 1 is 1.20 bits per heavy atom. The number of hydrogen-bond acceptors (Lipinski definition) is 5. The topological polar surface area (TPSA) is 107 Å². The smallest absolute Gasteiger partial charge is 0.238 e. The number of nitrogens with one attached hydrogen (secondary N) is 1. The molecule has 0 bridgehead atoms. The van der Waals surface area contributed by atoms with E-state index in [-0.39, 0.29) is 16.6 Å². The van der Waals surface area contributed by atoms with Crippen molar-refractivity contribution in [1.29, 1.82) is 0 Å². The van der Waals surface area contributed by atoms with Crippen molar-refractivity contribution in [2.45, 2.75) is 75.9 Å². The Hall–Kier alpha value is -1.84. The molecule has 0 saturated heterocycles. The Kier molecular flexibility index (Phi) is 6.94. The maximum absolute atomic E-state index is 12.6. The maximum Gasteiger partial charge on any atom is 0.238 e. The molecule has 0 radical (unpaired) electrons. The molecule has 1 aliphatic rings. The monoisotopic (exact) mass is 450 g/mol. The molecule has 3 rings (SSSR count). The zero-order valence-corrected chi connectivity index (χ0v) is 19.6. The van der Waals surface area contributed by atoms with E-state index in [1.807, 2.05) is 13.8 Å². The summed E-state index contributed by atoms with van der Waals surface area (Å²) in [6, 6.07) is 3.38. The molecule has 1 aliphatic carbocycles. The number of benzene rings is 1. The number of hydrogen-bond donors (Lipinski definition) is 2. The quantitative estimate of drug-likeness (QED) is 0.647. The third-order valence-electron chi connectivity index (χ3n) is 5.87. The number of aromatic nitrogens is 2. The highest BCUT2D eigenvalue weighted by Crippen LogP contribution is 2.34. The first-order chi connectivity index (χ1) is 14.1. The van der Waals surface area contributed by atoms with Gasteiger partial charge in [0.25, 0.3) is 0 Å². The van der Waals surface area contributed by atoms with Crippen LogP contribution in [0.2, 0.25) is 0 Å². The van der Waals surface area contributed by atoms with Crippen molar-refractivity contribution in [1.82, 2.24) is 9.55 Å². The van der Waals surface area contributed by atoms with Crippen LogP contribution in [0.1, 0.15) is 60.7 Å². The number of nitrogens with zero attached hydrogens (tertiary/aromatic N) is 2.